The number of nitrogens with one attached hydrogen (secondary N) is 1. The lowest BCUT2D eigenvalue weighted by Gasteiger charge is -2.17. The predicted molar refractivity (Wildman–Crippen MR) is 156 cm³/mol. The molecule has 0 aliphatic heterocycles. The van der Waals surface area contributed by atoms with Crippen molar-refractivity contribution in [2.24, 2.45) is 5.41 Å². The molecule has 0 bridgehead atoms. The Hall–Kier alpha value is -4.59. The average Bonchev–Trinajstić information content (AvgIpc) is 3.26. The van der Waals surface area contributed by atoms with Gasteiger partial charge in [-0.05, 0) is 59.9 Å². The lowest BCUT2D eigenvalue weighted by atomic mass is 9.92. The SMILES string of the molecule is COc1ccc(-c2nn(-c3ccccc3C)c(OC(C)=O)c2-c2ccc(NC(=O)CC(C)(C)C)cc2)cc1OC. The van der Waals surface area contributed by atoms with Crippen LogP contribution in [0.4, 0.5) is 5.69 Å². The van der Waals surface area contributed by atoms with Gasteiger partial charge in [0.15, 0.2) is 11.5 Å². The Labute approximate surface area is 234 Å². The van der Waals surface area contributed by atoms with E-state index in [2.05, 4.69) is 5.32 Å². The van der Waals surface area contributed by atoms with Gasteiger partial charge in [-0.1, -0.05) is 51.1 Å². The minimum absolute atomic E-state index is 0.0563. The fourth-order valence-corrected chi connectivity index (χ4v) is 4.45. The molecule has 0 saturated heterocycles. The molecule has 0 atom stereocenters. The Kier molecular flexibility index (Phi) is 8.28. The van der Waals surface area contributed by atoms with Crippen LogP contribution in [0.25, 0.3) is 28.1 Å². The quantitative estimate of drug-likeness (QED) is 0.246. The number of amides is 1. The number of nitrogens with zero attached hydrogens (tertiary/aromatic N) is 2. The van der Waals surface area contributed by atoms with E-state index in [9.17, 15) is 9.59 Å². The molecule has 0 aliphatic rings. The number of aromatic nitrogens is 2. The Morgan fingerprint density at radius 3 is 2.15 bits per heavy atom. The van der Waals surface area contributed by atoms with Gasteiger partial charge in [-0.2, -0.15) is 9.78 Å². The maximum atomic E-state index is 12.5. The van der Waals surface area contributed by atoms with Gasteiger partial charge in [-0.15, -0.1) is 0 Å². The van der Waals surface area contributed by atoms with Crippen molar-refractivity contribution in [3.05, 3.63) is 72.3 Å². The van der Waals surface area contributed by atoms with Crippen molar-refractivity contribution in [2.45, 2.75) is 41.0 Å². The average molecular weight is 542 g/mol. The van der Waals surface area contributed by atoms with Crippen LogP contribution < -0.4 is 19.5 Å². The molecule has 0 spiro atoms. The van der Waals surface area contributed by atoms with Crippen LogP contribution in [0.1, 0.15) is 39.7 Å². The monoisotopic (exact) mass is 541 g/mol. The molecule has 1 amide bonds. The minimum Gasteiger partial charge on any atom is -0.493 e. The lowest BCUT2D eigenvalue weighted by Crippen LogP contribution is -2.19. The van der Waals surface area contributed by atoms with Crippen LogP contribution in [0, 0.1) is 12.3 Å². The van der Waals surface area contributed by atoms with E-state index in [0.717, 1.165) is 22.4 Å². The summed E-state index contributed by atoms with van der Waals surface area (Å²) < 4.78 is 18.5. The first-order valence-corrected chi connectivity index (χ1v) is 13.0. The molecule has 0 unspecified atom stereocenters. The fraction of sp³-hybridized carbons (Fsp3) is 0.281. The number of esters is 1. The highest BCUT2D eigenvalue weighted by molar-refractivity contribution is 5.92. The van der Waals surface area contributed by atoms with Crippen molar-refractivity contribution in [1.82, 2.24) is 9.78 Å². The molecule has 0 saturated carbocycles. The molecule has 8 heteroatoms. The van der Waals surface area contributed by atoms with Gasteiger partial charge in [0.05, 0.1) is 25.5 Å². The number of carbonyl (C=O) groups excluding carboxylic acids is 2. The summed E-state index contributed by atoms with van der Waals surface area (Å²) in [5.74, 6) is 0.889. The number of benzene rings is 3. The molecule has 1 heterocycles. The number of hydrogen-bond acceptors (Lipinski definition) is 6. The normalized spacial score (nSPS) is 11.2. The number of ether oxygens (including phenoxy) is 3. The van der Waals surface area contributed by atoms with Gasteiger partial charge in [-0.25, -0.2) is 0 Å². The van der Waals surface area contributed by atoms with Crippen LogP contribution in [0.2, 0.25) is 0 Å². The van der Waals surface area contributed by atoms with Crippen LogP contribution in [0.15, 0.2) is 66.7 Å². The van der Waals surface area contributed by atoms with Gasteiger partial charge in [0.25, 0.3) is 0 Å². The molecular weight excluding hydrogens is 506 g/mol. The molecule has 208 valence electrons. The predicted octanol–water partition coefficient (Wildman–Crippen LogP) is 6.83. The zero-order valence-electron chi connectivity index (χ0n) is 24.0. The molecule has 3 aromatic carbocycles. The van der Waals surface area contributed by atoms with E-state index in [0.29, 0.717) is 34.9 Å². The summed E-state index contributed by atoms with van der Waals surface area (Å²) in [7, 11) is 3.15. The molecule has 8 nitrogen and oxygen atoms in total. The van der Waals surface area contributed by atoms with E-state index in [1.807, 2.05) is 94.4 Å². The summed E-state index contributed by atoms with van der Waals surface area (Å²) in [5, 5.41) is 7.92. The molecular formula is C32H35N3O5. The van der Waals surface area contributed by atoms with Crippen LogP contribution >= 0.6 is 0 Å². The van der Waals surface area contributed by atoms with Gasteiger partial charge < -0.3 is 19.5 Å². The molecule has 4 aromatic rings. The fourth-order valence-electron chi connectivity index (χ4n) is 4.45. The van der Waals surface area contributed by atoms with E-state index in [-0.39, 0.29) is 17.2 Å². The summed E-state index contributed by atoms with van der Waals surface area (Å²) in [4.78, 5) is 24.8. The molecule has 1 N–H and O–H groups in total. The van der Waals surface area contributed by atoms with E-state index in [1.54, 1.807) is 18.9 Å². The molecule has 1 aromatic heterocycles. The minimum atomic E-state index is -0.471. The maximum absolute atomic E-state index is 12.5. The highest BCUT2D eigenvalue weighted by Gasteiger charge is 2.26. The third-order valence-electron chi connectivity index (χ3n) is 6.23. The zero-order valence-corrected chi connectivity index (χ0v) is 24.0. The Morgan fingerprint density at radius 2 is 1.55 bits per heavy atom. The Morgan fingerprint density at radius 1 is 0.900 bits per heavy atom. The molecule has 0 fully saturated rings. The summed E-state index contributed by atoms with van der Waals surface area (Å²) in [5.41, 5.74) is 5.00. The summed E-state index contributed by atoms with van der Waals surface area (Å²) in [6.45, 7) is 9.40. The van der Waals surface area contributed by atoms with Gasteiger partial charge in [0, 0.05) is 24.6 Å². The smallest absolute Gasteiger partial charge is 0.309 e. The Balaban J connectivity index is 1.90. The van der Waals surface area contributed by atoms with Crippen molar-refractivity contribution >= 4 is 17.6 Å². The third-order valence-corrected chi connectivity index (χ3v) is 6.23. The Bertz CT molecular complexity index is 1530. The van der Waals surface area contributed by atoms with Crippen LogP contribution in [-0.4, -0.2) is 35.9 Å². The maximum Gasteiger partial charge on any atom is 0.309 e. The number of carbonyl (C=O) groups is 2. The second-order valence-corrected chi connectivity index (χ2v) is 10.8. The number of hydrogen-bond donors (Lipinski definition) is 1. The number of rotatable bonds is 8. The summed E-state index contributed by atoms with van der Waals surface area (Å²) in [6, 6.07) is 20.7. The number of methoxy groups -OCH3 is 2. The van der Waals surface area contributed by atoms with Gasteiger partial charge in [-0.3, -0.25) is 9.59 Å². The largest absolute Gasteiger partial charge is 0.493 e. The van der Waals surface area contributed by atoms with Gasteiger partial charge in [0.1, 0.15) is 5.69 Å². The summed E-state index contributed by atoms with van der Waals surface area (Å²) in [6.07, 6.45) is 0.401. The molecule has 0 radical (unpaired) electrons. The standard InChI is InChI=1S/C32H35N3O5/c1-20-10-8-9-11-25(20)35-31(40-21(2)36)29(30(34-35)23-14-17-26(38-6)27(18-23)39-7)22-12-15-24(16-13-22)33-28(37)19-32(3,4)5/h8-18H,19H2,1-7H3,(H,33,37). The van der Waals surface area contributed by atoms with E-state index in [1.165, 1.54) is 6.92 Å². The summed E-state index contributed by atoms with van der Waals surface area (Å²) >= 11 is 0. The van der Waals surface area contributed by atoms with Crippen molar-refractivity contribution < 1.29 is 23.8 Å². The molecule has 4 rings (SSSR count). The second kappa shape index (κ2) is 11.7. The van der Waals surface area contributed by atoms with Crippen LogP contribution in [-0.2, 0) is 9.59 Å². The van der Waals surface area contributed by atoms with E-state index < -0.39 is 5.97 Å². The first-order chi connectivity index (χ1) is 19.0. The first-order valence-electron chi connectivity index (χ1n) is 13.0. The number of anilines is 1. The number of para-hydroxylation sites is 1. The van der Waals surface area contributed by atoms with E-state index >= 15 is 0 Å². The molecule has 0 aliphatic carbocycles. The first kappa shape index (κ1) is 28.4. The zero-order chi connectivity index (χ0) is 29.0. The van der Waals surface area contributed by atoms with Crippen molar-refractivity contribution in [1.29, 1.82) is 0 Å². The van der Waals surface area contributed by atoms with Gasteiger partial charge >= 0.3 is 5.97 Å². The second-order valence-electron chi connectivity index (χ2n) is 10.8. The lowest BCUT2D eigenvalue weighted by molar-refractivity contribution is -0.132. The molecule has 40 heavy (non-hydrogen) atoms. The van der Waals surface area contributed by atoms with E-state index in [4.69, 9.17) is 19.3 Å². The van der Waals surface area contributed by atoms with Crippen molar-refractivity contribution in [3.8, 4) is 45.5 Å². The third kappa shape index (κ3) is 6.34. The highest BCUT2D eigenvalue weighted by atomic mass is 16.5. The topological polar surface area (TPSA) is 91.7 Å². The van der Waals surface area contributed by atoms with Gasteiger partial charge in [0.2, 0.25) is 11.8 Å². The van der Waals surface area contributed by atoms with Crippen LogP contribution in [0.5, 0.6) is 17.4 Å². The number of aryl methyl sites for hydroxylation is 1. The van der Waals surface area contributed by atoms with Crippen LogP contribution in [0.3, 0.4) is 0 Å². The van der Waals surface area contributed by atoms with Crippen molar-refractivity contribution in [3.63, 3.8) is 0 Å². The highest BCUT2D eigenvalue weighted by Crippen LogP contribution is 2.43. The van der Waals surface area contributed by atoms with Crippen molar-refractivity contribution in [2.75, 3.05) is 19.5 Å².